The molecule has 0 amide bonds. The van der Waals surface area contributed by atoms with Gasteiger partial charge in [-0.15, -0.1) is 0 Å². The summed E-state index contributed by atoms with van der Waals surface area (Å²) >= 11 is 0. The third-order valence-electron chi connectivity index (χ3n) is 20.9. The van der Waals surface area contributed by atoms with Crippen molar-refractivity contribution in [1.82, 2.24) is 0 Å². The lowest BCUT2D eigenvalue weighted by molar-refractivity contribution is 0.469. The van der Waals surface area contributed by atoms with E-state index >= 15 is 0 Å². The van der Waals surface area contributed by atoms with Crippen LogP contribution in [0.3, 0.4) is 0 Å². The van der Waals surface area contributed by atoms with E-state index in [1.807, 2.05) is 0 Å². The van der Waals surface area contributed by atoms with Crippen LogP contribution in [0.1, 0.15) is 136 Å². The van der Waals surface area contributed by atoms with Gasteiger partial charge in [0.05, 0.1) is 0 Å². The SMILES string of the molecule is CC(C)(C)C.CC(C)(C)C.CC(C)(C)C.CC(C)(C)C.CC1(C)c2ccccc2-c2ccc3ccccc3c21.c1ccc(-c2ccc3c4ccccc4c4ccccc4c3c2)cc1.c1ccc2cc(-c3ccc4c5ccccc5c5ccccc5c4c3)ccc2c1.c1ccc2cc(-c3ccc4c5ccccc5c5ccccc5c4c3)ccc2c1. The molecule has 0 heteroatoms. The molecule has 20 aromatic carbocycles. The summed E-state index contributed by atoms with van der Waals surface area (Å²) in [5.74, 6) is 0. The van der Waals surface area contributed by atoms with E-state index < -0.39 is 0 Å². The summed E-state index contributed by atoms with van der Waals surface area (Å²) in [6.45, 7) is 39.7. The summed E-state index contributed by atoms with van der Waals surface area (Å²) in [4.78, 5) is 0. The Labute approximate surface area is 707 Å². The standard InChI is InChI=1S/2C28H18.C24H16.C19H16.4C5H12/c2*1-2-8-20-17-21(14-13-19(20)7-1)22-15-16-27-25-11-4-3-9-23(25)24-10-5-6-12-26(24)28(27)18-22;1-2-8-17(9-3-1)18-14-15-23-21-12-5-4-10-19(21)20-11-6-7-13-22(20)24(23)16-18;1-19(2)17-10-6-5-9-15(17)16-12-11-13-7-3-4-8-14(13)18(16)19;4*1-5(2,3)4/h2*1-18H;1-16H;3-12H,1-2H3;4*1-4H3. The van der Waals surface area contributed by atoms with Crippen LogP contribution in [0.4, 0.5) is 0 Å². The number of hydrogen-bond acceptors (Lipinski definition) is 0. The molecule has 20 aromatic rings. The lowest BCUT2D eigenvalue weighted by Gasteiger charge is -2.23. The lowest BCUT2D eigenvalue weighted by atomic mass is 9.80. The van der Waals surface area contributed by atoms with Crippen molar-refractivity contribution in [1.29, 1.82) is 0 Å². The Bertz CT molecular complexity index is 6600. The van der Waals surface area contributed by atoms with E-state index in [9.17, 15) is 0 Å². The maximum atomic E-state index is 2.36. The van der Waals surface area contributed by atoms with Crippen molar-refractivity contribution >= 4 is 129 Å². The molecule has 1 aliphatic rings. The van der Waals surface area contributed by atoms with Gasteiger partial charge in [-0.1, -0.05) is 470 Å². The van der Waals surface area contributed by atoms with Gasteiger partial charge in [-0.3, -0.25) is 0 Å². The third-order valence-corrected chi connectivity index (χ3v) is 20.9. The summed E-state index contributed by atoms with van der Waals surface area (Å²) in [5, 5.41) is 31.6. The zero-order valence-electron chi connectivity index (χ0n) is 73.3. The van der Waals surface area contributed by atoms with Gasteiger partial charge in [0.2, 0.25) is 0 Å². The fraction of sp³-hybridized carbons (Fsp3) is 0.193. The van der Waals surface area contributed by atoms with Crippen LogP contribution >= 0.6 is 0 Å². The van der Waals surface area contributed by atoms with Gasteiger partial charge in [0.1, 0.15) is 0 Å². The van der Waals surface area contributed by atoms with Gasteiger partial charge in [-0.25, -0.2) is 0 Å². The van der Waals surface area contributed by atoms with Gasteiger partial charge in [0, 0.05) is 5.41 Å². The van der Waals surface area contributed by atoms with Crippen molar-refractivity contribution < 1.29 is 0 Å². The molecule has 0 atom stereocenters. The van der Waals surface area contributed by atoms with Crippen LogP contribution in [0.25, 0.3) is 174 Å². The molecule has 0 aliphatic heterocycles. The molecule has 0 N–H and O–H groups in total. The van der Waals surface area contributed by atoms with Crippen molar-refractivity contribution in [3.05, 3.63) is 387 Å². The zero-order chi connectivity index (χ0) is 84.0. The van der Waals surface area contributed by atoms with Crippen LogP contribution in [0.5, 0.6) is 0 Å². The van der Waals surface area contributed by atoms with E-state index in [2.05, 4.69) is 501 Å². The van der Waals surface area contributed by atoms with Crippen LogP contribution in [0.2, 0.25) is 0 Å². The summed E-state index contributed by atoms with van der Waals surface area (Å²) in [5.41, 5.74) is 15.4. The Hall–Kier alpha value is -12.5. The van der Waals surface area contributed by atoms with Crippen molar-refractivity contribution in [3.63, 3.8) is 0 Å². The Kier molecular flexibility index (Phi) is 24.4. The first-order chi connectivity index (χ1) is 56.9. The molecule has 119 heavy (non-hydrogen) atoms. The highest BCUT2D eigenvalue weighted by Crippen LogP contribution is 2.51. The van der Waals surface area contributed by atoms with Crippen LogP contribution in [-0.4, -0.2) is 0 Å². The molecule has 0 unspecified atom stereocenters. The van der Waals surface area contributed by atoms with Crippen LogP contribution in [0, 0.1) is 21.7 Å². The largest absolute Gasteiger partial charge is 0.0622 e. The van der Waals surface area contributed by atoms with Gasteiger partial charge < -0.3 is 0 Å². The lowest BCUT2D eigenvalue weighted by Crippen LogP contribution is -2.15. The highest BCUT2D eigenvalue weighted by atomic mass is 14.4. The fourth-order valence-electron chi connectivity index (χ4n) is 16.2. The van der Waals surface area contributed by atoms with E-state index in [-0.39, 0.29) is 5.41 Å². The summed E-state index contributed by atoms with van der Waals surface area (Å²) in [6, 6.07) is 136. The number of rotatable bonds is 3. The van der Waals surface area contributed by atoms with Gasteiger partial charge in [0.15, 0.2) is 0 Å². The van der Waals surface area contributed by atoms with Crippen LogP contribution in [0.15, 0.2) is 376 Å². The van der Waals surface area contributed by atoms with Crippen molar-refractivity contribution in [3.8, 4) is 44.5 Å². The second kappa shape index (κ2) is 35.0. The van der Waals surface area contributed by atoms with Crippen LogP contribution in [-0.2, 0) is 5.41 Å². The van der Waals surface area contributed by atoms with Crippen molar-refractivity contribution in [2.24, 2.45) is 21.7 Å². The highest BCUT2D eigenvalue weighted by Gasteiger charge is 2.36. The Balaban J connectivity index is 0.000000121. The molecule has 21 rings (SSSR count). The minimum atomic E-state index is 0.0901. The second-order valence-corrected chi connectivity index (χ2v) is 38.9. The first-order valence-corrected chi connectivity index (χ1v) is 42.5. The van der Waals surface area contributed by atoms with E-state index in [0.717, 1.165) is 0 Å². The molecule has 0 heterocycles. The van der Waals surface area contributed by atoms with Gasteiger partial charge >= 0.3 is 0 Å². The number of hydrogen-bond donors (Lipinski definition) is 0. The molecular weight excluding hydrogens is 1430 g/mol. The molecule has 0 nitrogen and oxygen atoms in total. The fourth-order valence-corrected chi connectivity index (χ4v) is 16.2. The average molecular weight is 1550 g/mol. The zero-order valence-corrected chi connectivity index (χ0v) is 73.3. The Morgan fingerprint density at radius 2 is 0.370 bits per heavy atom. The molecule has 1 aliphatic carbocycles. The quantitative estimate of drug-likeness (QED) is 0.155. The summed E-state index contributed by atoms with van der Waals surface area (Å²) in [7, 11) is 0. The first-order valence-electron chi connectivity index (χ1n) is 42.5. The van der Waals surface area contributed by atoms with Gasteiger partial charge in [-0.2, -0.15) is 0 Å². The molecule has 0 spiro atoms. The number of fused-ring (bicyclic) bond motifs is 25. The topological polar surface area (TPSA) is 0 Å². The molecule has 0 radical (unpaired) electrons. The highest BCUT2D eigenvalue weighted by molar-refractivity contribution is 6.28. The van der Waals surface area contributed by atoms with E-state index in [4.69, 9.17) is 0 Å². The molecule has 0 saturated carbocycles. The maximum absolute atomic E-state index is 2.36. The Morgan fingerprint density at radius 1 is 0.151 bits per heavy atom. The van der Waals surface area contributed by atoms with Crippen LogP contribution < -0.4 is 0 Å². The summed E-state index contributed by atoms with van der Waals surface area (Å²) < 4.78 is 0. The normalized spacial score (nSPS) is 12.2. The predicted molar refractivity (Wildman–Crippen MR) is 530 cm³/mol. The maximum Gasteiger partial charge on any atom is 0.0165 e. The molecule has 0 bridgehead atoms. The third kappa shape index (κ3) is 19.7. The van der Waals surface area contributed by atoms with E-state index in [0.29, 0.717) is 21.7 Å². The van der Waals surface area contributed by atoms with E-state index in [1.54, 1.807) is 0 Å². The molecule has 0 fully saturated rings. The second-order valence-electron chi connectivity index (χ2n) is 38.9. The molecule has 0 aromatic heterocycles. The summed E-state index contributed by atoms with van der Waals surface area (Å²) in [6.07, 6.45) is 0. The molecule has 592 valence electrons. The smallest absolute Gasteiger partial charge is 0.0165 e. The molecular formula is C119H116. The number of benzene rings is 20. The van der Waals surface area contributed by atoms with Gasteiger partial charge in [0.25, 0.3) is 0 Å². The minimum absolute atomic E-state index is 0.0901. The predicted octanol–water partition coefficient (Wildman–Crippen LogP) is 36.1. The van der Waals surface area contributed by atoms with Gasteiger partial charge in [-0.05, 0) is 237 Å². The van der Waals surface area contributed by atoms with Crippen molar-refractivity contribution in [2.75, 3.05) is 0 Å². The minimum Gasteiger partial charge on any atom is -0.0622 e. The monoisotopic (exact) mass is 1540 g/mol. The first kappa shape index (κ1) is 83.0. The molecule has 0 saturated heterocycles. The Morgan fingerprint density at radius 3 is 0.697 bits per heavy atom. The van der Waals surface area contributed by atoms with Crippen molar-refractivity contribution in [2.45, 2.75) is 130 Å². The average Bonchev–Trinajstić information content (AvgIpc) is 1.61. The van der Waals surface area contributed by atoms with E-state index in [1.165, 1.54) is 185 Å².